The molecule has 3 aliphatic rings. The van der Waals surface area contributed by atoms with Gasteiger partial charge in [-0.05, 0) is 126 Å². The normalized spacial score (nSPS) is 27.6. The van der Waals surface area contributed by atoms with Crippen molar-refractivity contribution in [2.24, 2.45) is 23.7 Å². The van der Waals surface area contributed by atoms with E-state index in [4.69, 9.17) is 46.4 Å². The zero-order valence-corrected chi connectivity index (χ0v) is 55.2. The molecule has 15 heteroatoms. The molecule has 16 atom stereocenters. The van der Waals surface area contributed by atoms with Crippen LogP contribution in [-0.2, 0) is 46.5 Å². The van der Waals surface area contributed by atoms with Gasteiger partial charge in [0.1, 0.15) is 5.75 Å². The molecule has 0 aromatic heterocycles. The fraction of sp³-hybridized carbons (Fsp3) is 0.790. The lowest BCUT2D eigenvalue weighted by atomic mass is 9.78. The van der Waals surface area contributed by atoms with Gasteiger partial charge in [0.05, 0.1) is 74.3 Å². The Morgan fingerprint density at radius 2 is 1.36 bits per heavy atom. The number of hydrogen-bond donors (Lipinski definition) is 1. The highest BCUT2D eigenvalue weighted by molar-refractivity contribution is 6.74. The molecule has 2 saturated heterocycles. The molecule has 4 rings (SSSR count). The molecule has 0 radical (unpaired) electrons. The van der Waals surface area contributed by atoms with Gasteiger partial charge in [-0.2, -0.15) is 0 Å². The van der Waals surface area contributed by atoms with Gasteiger partial charge in [0, 0.05) is 62.9 Å². The first-order valence-electron chi connectivity index (χ1n) is 29.3. The Kier molecular flexibility index (Phi) is 25.7. The summed E-state index contributed by atoms with van der Waals surface area (Å²) in [5, 5.41) is 9.28. The van der Waals surface area contributed by atoms with E-state index in [9.17, 15) is 9.90 Å². The number of carboxylic acids is 1. The third kappa shape index (κ3) is 20.7. The fourth-order valence-electron chi connectivity index (χ4n) is 10.9. The van der Waals surface area contributed by atoms with E-state index < -0.39 is 37.2 Å². The number of ether oxygens (including phenoxy) is 7. The number of benzene rings is 1. The molecular weight excluding hydrogens is 1020 g/mol. The van der Waals surface area contributed by atoms with Crippen LogP contribution in [0, 0.1) is 23.7 Å². The minimum atomic E-state index is -2.25. The quantitative estimate of drug-likeness (QED) is 0.0371. The Morgan fingerprint density at radius 1 is 0.753 bits per heavy atom. The summed E-state index contributed by atoms with van der Waals surface area (Å²) in [7, 11) is -1.21. The average molecular weight is 1130 g/mol. The molecule has 1 N–H and O–H groups in total. The van der Waals surface area contributed by atoms with Crippen molar-refractivity contribution in [1.82, 2.24) is 0 Å². The van der Waals surface area contributed by atoms with Crippen molar-refractivity contribution in [3.8, 4) is 5.75 Å². The van der Waals surface area contributed by atoms with Gasteiger partial charge in [0.25, 0.3) is 0 Å². The number of allylic oxidation sites excluding steroid dienone is 2. The number of carboxylic acid groups (broad SMARTS) is 1. The molecule has 12 nitrogen and oxygen atoms in total. The highest BCUT2D eigenvalue weighted by Gasteiger charge is 2.48. The smallest absolute Gasteiger partial charge is 0.328 e. The van der Waals surface area contributed by atoms with Crippen molar-refractivity contribution in [3.05, 3.63) is 65.8 Å². The van der Waals surface area contributed by atoms with Crippen LogP contribution < -0.4 is 4.74 Å². The lowest BCUT2D eigenvalue weighted by Gasteiger charge is -2.49. The monoisotopic (exact) mass is 1130 g/mol. The topological polar surface area (TPSA) is 130 Å². The Labute approximate surface area is 471 Å². The van der Waals surface area contributed by atoms with Gasteiger partial charge in [0.15, 0.2) is 31.2 Å². The maximum atomic E-state index is 11.3. The predicted octanol–water partition coefficient (Wildman–Crippen LogP) is 15.3. The van der Waals surface area contributed by atoms with Crippen LogP contribution in [0.4, 0.5) is 0 Å². The van der Waals surface area contributed by atoms with Gasteiger partial charge in [0.2, 0.25) is 0 Å². The van der Waals surface area contributed by atoms with Crippen molar-refractivity contribution in [3.63, 3.8) is 0 Å². The van der Waals surface area contributed by atoms with Gasteiger partial charge in [-0.3, -0.25) is 0 Å². The standard InChI is InChI=1S/C62H110O12Si3/c1-41(27-35-57(63)64)26-31-52(72-76(19,20)61(7,8)9)37-49-24-23-25-50(69-49)39-54(67-15)44(4)55-40-56(71-60(70-55)47-29-33-48(65-13)34-30-47)45(5)59(73-75(16,17)18)46(6)58(74-77(21,22)62(10,11)12)42(2)28-32-51-38-53(66-14)36-43(3)68-51/h23-24,26-27,29-30,33-35,42-46,49-56,58-60H,25,28,31-32,36-40H2,1-22H3,(H,63,64)/b35-27+,41-26+/t42-,43-,44+,45-,46-,49-,50-,51-,52-,53+,54-,55-,56+,58-,59-,60+/m0/s1. The fourth-order valence-corrected chi connectivity index (χ4v) is 15.0. The first-order valence-corrected chi connectivity index (χ1v) is 38.5. The molecule has 1 aromatic carbocycles. The first kappa shape index (κ1) is 67.5. The molecular formula is C62H110O12Si3. The Hall–Kier alpha value is -2.00. The van der Waals surface area contributed by atoms with Gasteiger partial charge >= 0.3 is 5.97 Å². The summed E-state index contributed by atoms with van der Waals surface area (Å²) >= 11 is 0. The van der Waals surface area contributed by atoms with Crippen LogP contribution in [0.3, 0.4) is 0 Å². The summed E-state index contributed by atoms with van der Waals surface area (Å²) in [6.07, 6.45) is 15.5. The molecule has 0 aliphatic carbocycles. The molecule has 0 spiro atoms. The third-order valence-electron chi connectivity index (χ3n) is 17.7. The molecule has 77 heavy (non-hydrogen) atoms. The summed E-state index contributed by atoms with van der Waals surface area (Å²) in [5.74, 6) is 0.0914. The van der Waals surface area contributed by atoms with E-state index in [1.54, 1.807) is 13.2 Å². The largest absolute Gasteiger partial charge is 0.497 e. The van der Waals surface area contributed by atoms with Crippen molar-refractivity contribution in [2.75, 3.05) is 21.3 Å². The van der Waals surface area contributed by atoms with E-state index in [-0.39, 0.29) is 101 Å². The molecule has 0 unspecified atom stereocenters. The zero-order valence-electron chi connectivity index (χ0n) is 52.2. The molecule has 0 amide bonds. The van der Waals surface area contributed by atoms with Crippen LogP contribution in [0.1, 0.15) is 153 Å². The minimum Gasteiger partial charge on any atom is -0.497 e. The lowest BCUT2D eigenvalue weighted by Crippen LogP contribution is -2.54. The van der Waals surface area contributed by atoms with Crippen LogP contribution in [-0.4, -0.2) is 125 Å². The number of hydrogen-bond acceptors (Lipinski definition) is 11. The lowest BCUT2D eigenvalue weighted by molar-refractivity contribution is -0.278. The first-order chi connectivity index (χ1) is 35.7. The summed E-state index contributed by atoms with van der Waals surface area (Å²) in [4.78, 5) is 11.3. The average Bonchev–Trinajstić information content (AvgIpc) is 3.34. The molecule has 2 fully saturated rings. The van der Waals surface area contributed by atoms with Crippen molar-refractivity contribution >= 4 is 30.9 Å². The highest BCUT2D eigenvalue weighted by atomic mass is 28.4. The predicted molar refractivity (Wildman–Crippen MR) is 320 cm³/mol. The number of methoxy groups -OCH3 is 3. The number of carbonyl (C=O) groups is 1. The van der Waals surface area contributed by atoms with Crippen LogP contribution >= 0.6 is 0 Å². The van der Waals surface area contributed by atoms with Crippen molar-refractivity contribution in [1.29, 1.82) is 0 Å². The van der Waals surface area contributed by atoms with E-state index in [1.807, 2.05) is 33.3 Å². The van der Waals surface area contributed by atoms with Gasteiger partial charge in [-0.15, -0.1) is 0 Å². The maximum absolute atomic E-state index is 11.3. The van der Waals surface area contributed by atoms with E-state index in [0.29, 0.717) is 25.7 Å². The van der Waals surface area contributed by atoms with Crippen molar-refractivity contribution < 1.29 is 56.3 Å². The second kappa shape index (κ2) is 29.3. The van der Waals surface area contributed by atoms with Gasteiger partial charge in [-0.25, -0.2) is 4.79 Å². The zero-order chi connectivity index (χ0) is 57.8. The molecule has 1 aromatic rings. The second-order valence-electron chi connectivity index (χ2n) is 27.3. The molecule has 3 aliphatic heterocycles. The van der Waals surface area contributed by atoms with Crippen LogP contribution in [0.15, 0.2) is 60.2 Å². The Morgan fingerprint density at radius 3 is 1.92 bits per heavy atom. The van der Waals surface area contributed by atoms with Crippen LogP contribution in [0.5, 0.6) is 5.75 Å². The van der Waals surface area contributed by atoms with E-state index in [0.717, 1.165) is 49.0 Å². The number of aliphatic carboxylic acids is 1. The van der Waals surface area contributed by atoms with E-state index >= 15 is 0 Å². The van der Waals surface area contributed by atoms with E-state index in [2.05, 4.69) is 152 Å². The molecule has 3 heterocycles. The Balaban J connectivity index is 1.65. The number of rotatable bonds is 28. The molecule has 0 bridgehead atoms. The third-order valence-corrected chi connectivity index (χ3v) is 27.7. The maximum Gasteiger partial charge on any atom is 0.328 e. The van der Waals surface area contributed by atoms with Crippen LogP contribution in [0.25, 0.3) is 0 Å². The van der Waals surface area contributed by atoms with Crippen molar-refractivity contribution in [2.45, 2.75) is 270 Å². The molecule has 0 saturated carbocycles. The van der Waals surface area contributed by atoms with Gasteiger partial charge in [-0.1, -0.05) is 111 Å². The summed E-state index contributed by atoms with van der Waals surface area (Å²) in [6, 6.07) is 8.05. The summed E-state index contributed by atoms with van der Waals surface area (Å²) < 4.78 is 67.8. The van der Waals surface area contributed by atoms with Crippen LogP contribution in [0.2, 0.25) is 55.9 Å². The summed E-state index contributed by atoms with van der Waals surface area (Å²) in [5.41, 5.74) is 1.83. The summed E-state index contributed by atoms with van der Waals surface area (Å²) in [6.45, 7) is 43.5. The molecule has 442 valence electrons. The highest BCUT2D eigenvalue weighted by Crippen LogP contribution is 2.45. The Bertz CT molecular complexity index is 2020. The van der Waals surface area contributed by atoms with Gasteiger partial charge < -0.3 is 51.5 Å². The minimum absolute atomic E-state index is 0.0133. The second-order valence-corrected chi connectivity index (χ2v) is 41.3. The SMILES string of the molecule is COc1ccc([C@@H]2O[C@H]([C@H](C)[C@H](C[C@@H]3CC=C[C@@H](C[C@H](C/C=C(C)/C=C/C(=O)O)O[Si](C)(C)C(C)(C)C)O3)OC)C[C@H]([C@H](C)[C@H](O[Si](C)(C)C)[C@@H](C)[C@@H](O[Si](C)(C)C(C)(C)C)[C@@H](C)CC[C@H]3C[C@H](OC)C[C@H](C)O3)O2)cc1. The van der Waals surface area contributed by atoms with E-state index in [1.165, 1.54) is 6.08 Å².